The Morgan fingerprint density at radius 2 is 1.83 bits per heavy atom. The van der Waals surface area contributed by atoms with E-state index in [1.165, 1.54) is 0 Å². The van der Waals surface area contributed by atoms with Gasteiger partial charge in [-0.25, -0.2) is 9.59 Å². The van der Waals surface area contributed by atoms with Gasteiger partial charge in [0.1, 0.15) is 0 Å². The Labute approximate surface area is 168 Å². The first-order valence-electron chi connectivity index (χ1n) is 9.17. The van der Waals surface area contributed by atoms with Crippen molar-refractivity contribution in [1.82, 2.24) is 10.2 Å². The number of benzene rings is 1. The predicted octanol–water partition coefficient (Wildman–Crippen LogP) is 0.823. The molecule has 1 fully saturated rings. The monoisotopic (exact) mass is 409 g/mol. The van der Waals surface area contributed by atoms with E-state index in [1.54, 1.807) is 37.3 Å². The van der Waals surface area contributed by atoms with Crippen LogP contribution in [0.2, 0.25) is 0 Å². The van der Waals surface area contributed by atoms with Gasteiger partial charge >= 0.3 is 12.1 Å². The van der Waals surface area contributed by atoms with Crippen molar-refractivity contribution < 1.29 is 34.1 Å². The van der Waals surface area contributed by atoms with Crippen LogP contribution in [0.25, 0.3) is 0 Å². The molecule has 5 N–H and O–H groups in total. The highest BCUT2D eigenvalue weighted by Crippen LogP contribution is 2.33. The van der Waals surface area contributed by atoms with E-state index in [0.717, 1.165) is 11.3 Å². The smallest absolute Gasteiger partial charge is 0.402 e. The standard InChI is InChI=1S/C18H24N2O5.CH3NO2/c1-3-10-25-12-14(21)11-20-16(23)18(4-2,15(22)19-17(20)24)13-8-6-5-7-9-13;2-1(3)4/h5-9,14,21H,3-4,10-12H2,1-2H3,(H,19,22,24);2H2,(H,3,4). The van der Waals surface area contributed by atoms with Crippen molar-refractivity contribution in [3.63, 3.8) is 0 Å². The van der Waals surface area contributed by atoms with E-state index < -0.39 is 35.5 Å². The van der Waals surface area contributed by atoms with Gasteiger partial charge in [0.15, 0.2) is 5.41 Å². The molecule has 2 rings (SSSR count). The molecule has 1 aliphatic rings. The highest BCUT2D eigenvalue weighted by Gasteiger charge is 2.54. The molecule has 0 saturated carbocycles. The van der Waals surface area contributed by atoms with Crippen LogP contribution in [0.3, 0.4) is 0 Å². The van der Waals surface area contributed by atoms with Gasteiger partial charge < -0.3 is 20.7 Å². The van der Waals surface area contributed by atoms with Crippen LogP contribution in [-0.2, 0) is 19.7 Å². The summed E-state index contributed by atoms with van der Waals surface area (Å²) >= 11 is 0. The SMILES string of the molecule is CCCOCC(O)CN1C(=O)NC(=O)C(CC)(c2ccccc2)C1=O.NC(=O)O. The lowest BCUT2D eigenvalue weighted by molar-refractivity contribution is -0.146. The zero-order chi connectivity index (χ0) is 22.0. The average molecular weight is 409 g/mol. The van der Waals surface area contributed by atoms with Crippen molar-refractivity contribution in [2.24, 2.45) is 5.73 Å². The van der Waals surface area contributed by atoms with E-state index >= 15 is 0 Å². The number of β-amino-alcohol motifs (C(OH)–C–C–N with tert-alkyl or cyclic N) is 1. The van der Waals surface area contributed by atoms with Crippen molar-refractivity contribution in [2.75, 3.05) is 19.8 Å². The minimum Gasteiger partial charge on any atom is -0.465 e. The molecule has 0 spiro atoms. The van der Waals surface area contributed by atoms with E-state index in [4.69, 9.17) is 14.6 Å². The number of imide groups is 2. The van der Waals surface area contributed by atoms with Gasteiger partial charge in [0.25, 0.3) is 5.91 Å². The van der Waals surface area contributed by atoms with Crippen molar-refractivity contribution in [3.05, 3.63) is 35.9 Å². The molecule has 1 heterocycles. The summed E-state index contributed by atoms with van der Waals surface area (Å²) < 4.78 is 5.25. The molecule has 0 aliphatic carbocycles. The van der Waals surface area contributed by atoms with Crippen LogP contribution < -0.4 is 11.1 Å². The molecule has 10 heteroatoms. The number of hydrogen-bond donors (Lipinski definition) is 4. The number of nitrogens with zero attached hydrogens (tertiary/aromatic N) is 1. The molecule has 0 aromatic heterocycles. The lowest BCUT2D eigenvalue weighted by atomic mass is 9.74. The fraction of sp³-hybridized carbons (Fsp3) is 0.474. The Bertz CT molecular complexity index is 722. The summed E-state index contributed by atoms with van der Waals surface area (Å²) in [4.78, 5) is 47.4. The van der Waals surface area contributed by atoms with Gasteiger partial charge in [0.2, 0.25) is 5.91 Å². The molecule has 1 saturated heterocycles. The largest absolute Gasteiger partial charge is 0.465 e. The highest BCUT2D eigenvalue weighted by atomic mass is 16.5. The van der Waals surface area contributed by atoms with E-state index in [0.29, 0.717) is 12.2 Å². The van der Waals surface area contributed by atoms with Gasteiger partial charge in [-0.15, -0.1) is 0 Å². The van der Waals surface area contributed by atoms with Crippen LogP contribution in [-0.4, -0.2) is 64.9 Å². The molecule has 2 unspecified atom stereocenters. The molecule has 0 radical (unpaired) electrons. The highest BCUT2D eigenvalue weighted by molar-refractivity contribution is 6.22. The molecule has 1 aromatic rings. The van der Waals surface area contributed by atoms with Crippen LogP contribution in [0.5, 0.6) is 0 Å². The maximum absolute atomic E-state index is 13.1. The minimum atomic E-state index is -1.47. The van der Waals surface area contributed by atoms with Gasteiger partial charge in [0, 0.05) is 6.61 Å². The molecule has 10 nitrogen and oxygen atoms in total. The number of ether oxygens (including phenoxy) is 1. The van der Waals surface area contributed by atoms with Crippen molar-refractivity contribution >= 4 is 23.9 Å². The third-order valence-electron chi connectivity index (χ3n) is 4.31. The molecule has 0 bridgehead atoms. The fourth-order valence-electron chi connectivity index (χ4n) is 2.98. The topological polar surface area (TPSA) is 159 Å². The zero-order valence-electron chi connectivity index (χ0n) is 16.5. The number of aliphatic hydroxyl groups is 1. The molecule has 2 atom stereocenters. The first kappa shape index (κ1) is 24.1. The Balaban J connectivity index is 0.000000960. The first-order chi connectivity index (χ1) is 13.7. The lowest BCUT2D eigenvalue weighted by Crippen LogP contribution is -2.66. The van der Waals surface area contributed by atoms with Gasteiger partial charge in [-0.05, 0) is 18.4 Å². The summed E-state index contributed by atoms with van der Waals surface area (Å²) in [6.45, 7) is 3.94. The fourth-order valence-corrected chi connectivity index (χ4v) is 2.98. The van der Waals surface area contributed by atoms with Gasteiger partial charge in [0.05, 0.1) is 19.3 Å². The summed E-state index contributed by atoms with van der Waals surface area (Å²) in [5, 5.41) is 19.5. The second-order valence-corrected chi connectivity index (χ2v) is 6.37. The van der Waals surface area contributed by atoms with E-state index in [1.807, 2.05) is 6.92 Å². The normalized spacial score (nSPS) is 19.8. The van der Waals surface area contributed by atoms with E-state index in [9.17, 15) is 19.5 Å². The minimum absolute atomic E-state index is 0.0172. The van der Waals surface area contributed by atoms with Gasteiger partial charge in [-0.1, -0.05) is 44.2 Å². The average Bonchev–Trinajstić information content (AvgIpc) is 2.66. The van der Waals surface area contributed by atoms with Crippen LogP contribution >= 0.6 is 0 Å². The third-order valence-corrected chi connectivity index (χ3v) is 4.31. The lowest BCUT2D eigenvalue weighted by Gasteiger charge is -2.39. The summed E-state index contributed by atoms with van der Waals surface area (Å²) in [6, 6.07) is 7.83. The van der Waals surface area contributed by atoms with Crippen molar-refractivity contribution in [3.8, 4) is 0 Å². The molecular formula is C19H27N3O7. The molecular weight excluding hydrogens is 382 g/mol. The molecule has 5 amide bonds. The second kappa shape index (κ2) is 11.1. The van der Waals surface area contributed by atoms with Crippen LogP contribution in [0.15, 0.2) is 30.3 Å². The van der Waals surface area contributed by atoms with Crippen molar-refractivity contribution in [2.45, 2.75) is 38.2 Å². The number of urea groups is 1. The van der Waals surface area contributed by atoms with Crippen LogP contribution in [0.4, 0.5) is 9.59 Å². The Morgan fingerprint density at radius 1 is 1.24 bits per heavy atom. The summed E-state index contributed by atoms with van der Waals surface area (Å²) in [5.41, 5.74) is 3.08. The second-order valence-electron chi connectivity index (χ2n) is 6.37. The number of nitrogens with two attached hydrogens (primary N) is 1. The predicted molar refractivity (Wildman–Crippen MR) is 103 cm³/mol. The quantitative estimate of drug-likeness (QED) is 0.365. The Kier molecular flexibility index (Phi) is 9.23. The maximum atomic E-state index is 13.1. The zero-order valence-corrected chi connectivity index (χ0v) is 16.5. The summed E-state index contributed by atoms with van der Waals surface area (Å²) in [5.74, 6) is -1.26. The van der Waals surface area contributed by atoms with Crippen LogP contribution in [0, 0.1) is 0 Å². The van der Waals surface area contributed by atoms with Crippen molar-refractivity contribution in [1.29, 1.82) is 0 Å². The molecule has 1 aromatic carbocycles. The number of aliphatic hydroxyl groups excluding tert-OH is 1. The number of rotatable bonds is 8. The molecule has 1 aliphatic heterocycles. The number of carbonyl (C=O) groups is 4. The van der Waals surface area contributed by atoms with Gasteiger partial charge in [-0.2, -0.15) is 0 Å². The first-order valence-corrected chi connectivity index (χ1v) is 9.17. The Hall–Kier alpha value is -2.98. The number of hydrogen-bond acceptors (Lipinski definition) is 6. The summed E-state index contributed by atoms with van der Waals surface area (Å²) in [7, 11) is 0. The maximum Gasteiger partial charge on any atom is 0.402 e. The van der Waals surface area contributed by atoms with Crippen LogP contribution in [0.1, 0.15) is 32.3 Å². The number of barbiturate groups is 1. The Morgan fingerprint density at radius 3 is 2.34 bits per heavy atom. The molecule has 29 heavy (non-hydrogen) atoms. The molecule has 160 valence electrons. The number of nitrogens with one attached hydrogen (secondary N) is 1. The van der Waals surface area contributed by atoms with Gasteiger partial charge in [-0.3, -0.25) is 19.8 Å². The van der Waals surface area contributed by atoms with E-state index in [2.05, 4.69) is 11.1 Å². The number of carboxylic acid groups (broad SMARTS) is 1. The third kappa shape index (κ3) is 6.00. The summed E-state index contributed by atoms with van der Waals surface area (Å²) in [6.07, 6.45) is -1.34. The number of carbonyl (C=O) groups excluding carboxylic acids is 3. The number of amides is 5. The number of primary amides is 1. The van der Waals surface area contributed by atoms with E-state index in [-0.39, 0.29) is 19.6 Å².